The van der Waals surface area contributed by atoms with Crippen LogP contribution >= 0.6 is 11.6 Å². The summed E-state index contributed by atoms with van der Waals surface area (Å²) >= 11 is 6.14. The van der Waals surface area contributed by atoms with Gasteiger partial charge in [0.1, 0.15) is 6.61 Å². The summed E-state index contributed by atoms with van der Waals surface area (Å²) in [5, 5.41) is 8.00. The van der Waals surface area contributed by atoms with Crippen molar-refractivity contribution in [2.45, 2.75) is 13.5 Å². The minimum absolute atomic E-state index is 0. The summed E-state index contributed by atoms with van der Waals surface area (Å²) in [5.74, 6) is 1.13. The number of ether oxygens (including phenoxy) is 2. The first-order valence-electron chi connectivity index (χ1n) is 7.35. The number of guanidine groups is 1. The Morgan fingerprint density at radius 2 is 1.88 bits per heavy atom. The summed E-state index contributed by atoms with van der Waals surface area (Å²) in [4.78, 5) is 0. The van der Waals surface area contributed by atoms with Crippen LogP contribution < -0.4 is 33.3 Å². The second-order valence-electron chi connectivity index (χ2n) is 4.79. The third kappa shape index (κ3) is 6.52. The van der Waals surface area contributed by atoms with E-state index in [9.17, 15) is 0 Å². The van der Waals surface area contributed by atoms with Crippen molar-refractivity contribution in [3.8, 4) is 11.5 Å². The number of nitrogens with two attached hydrogens (primary N) is 2. The molecule has 0 spiro atoms. The molecule has 0 fully saturated rings. The molecule has 0 radical (unpaired) electrons. The van der Waals surface area contributed by atoms with Gasteiger partial charge in [0, 0.05) is 10.6 Å². The normalized spacial score (nSPS) is 10.2. The summed E-state index contributed by atoms with van der Waals surface area (Å²) in [7, 11) is 0. The molecule has 6 nitrogen and oxygen atoms in total. The first-order chi connectivity index (χ1) is 11.6. The molecule has 0 aliphatic carbocycles. The van der Waals surface area contributed by atoms with Gasteiger partial charge in [-0.3, -0.25) is 0 Å². The number of hydrogen-bond donors (Lipinski definition) is 2. The second-order valence-corrected chi connectivity index (χ2v) is 5.20. The summed E-state index contributed by atoms with van der Waals surface area (Å²) in [6.45, 7) is 2.76. The lowest BCUT2D eigenvalue weighted by molar-refractivity contribution is -0.00000586. The highest BCUT2D eigenvalue weighted by Crippen LogP contribution is 2.29. The molecule has 0 aliphatic heterocycles. The van der Waals surface area contributed by atoms with Crippen LogP contribution in [0.4, 0.5) is 0 Å². The Bertz CT molecular complexity index is 747. The molecule has 0 aromatic heterocycles. The molecular formula is C17H19Cl2N4O2-. The average molecular weight is 382 g/mol. The molecule has 0 amide bonds. The van der Waals surface area contributed by atoms with Crippen LogP contribution in [0.15, 0.2) is 52.7 Å². The first kappa shape index (κ1) is 20.6. The third-order valence-electron chi connectivity index (χ3n) is 2.99. The van der Waals surface area contributed by atoms with Crippen molar-refractivity contribution < 1.29 is 21.9 Å². The van der Waals surface area contributed by atoms with Gasteiger partial charge in [0.2, 0.25) is 5.96 Å². The number of halogens is 2. The van der Waals surface area contributed by atoms with Crippen molar-refractivity contribution in [1.82, 2.24) is 0 Å². The Balaban J connectivity index is 0.00000312. The van der Waals surface area contributed by atoms with Crippen LogP contribution in [0, 0.1) is 0 Å². The van der Waals surface area contributed by atoms with Gasteiger partial charge < -0.3 is 33.3 Å². The van der Waals surface area contributed by atoms with Crippen molar-refractivity contribution in [3.63, 3.8) is 0 Å². The summed E-state index contributed by atoms with van der Waals surface area (Å²) in [6.07, 6.45) is 1.53. The van der Waals surface area contributed by atoms with Crippen LogP contribution in [0.2, 0.25) is 5.02 Å². The summed E-state index contributed by atoms with van der Waals surface area (Å²) in [5.41, 5.74) is 12.1. The molecule has 2 aromatic carbocycles. The monoisotopic (exact) mass is 381 g/mol. The summed E-state index contributed by atoms with van der Waals surface area (Å²) < 4.78 is 11.5. The van der Waals surface area contributed by atoms with Gasteiger partial charge in [0.05, 0.1) is 12.8 Å². The molecule has 0 saturated heterocycles. The van der Waals surface area contributed by atoms with E-state index in [0.717, 1.165) is 11.1 Å². The highest BCUT2D eigenvalue weighted by molar-refractivity contribution is 6.31. The van der Waals surface area contributed by atoms with E-state index in [1.54, 1.807) is 12.1 Å². The predicted molar refractivity (Wildman–Crippen MR) is 96.8 cm³/mol. The number of benzene rings is 2. The van der Waals surface area contributed by atoms with Crippen molar-refractivity contribution in [2.24, 2.45) is 21.7 Å². The van der Waals surface area contributed by atoms with Gasteiger partial charge in [-0.05, 0) is 36.8 Å². The largest absolute Gasteiger partial charge is 1.00 e. The molecule has 0 heterocycles. The van der Waals surface area contributed by atoms with E-state index in [-0.39, 0.29) is 18.4 Å². The first-order valence-corrected chi connectivity index (χ1v) is 7.73. The van der Waals surface area contributed by atoms with Crippen LogP contribution in [0.1, 0.15) is 18.1 Å². The fourth-order valence-corrected chi connectivity index (χ4v) is 2.12. The number of rotatable bonds is 7. The maximum Gasteiger partial charge on any atom is 0.211 e. The number of nitrogens with zero attached hydrogens (tertiary/aromatic N) is 2. The minimum atomic E-state index is -0.101. The van der Waals surface area contributed by atoms with Gasteiger partial charge in [-0.25, -0.2) is 0 Å². The van der Waals surface area contributed by atoms with Crippen LogP contribution in [-0.4, -0.2) is 18.8 Å². The fourth-order valence-electron chi connectivity index (χ4n) is 1.93. The van der Waals surface area contributed by atoms with E-state index >= 15 is 0 Å². The molecule has 0 aliphatic rings. The molecule has 0 bridgehead atoms. The van der Waals surface area contributed by atoms with Gasteiger partial charge in [0.15, 0.2) is 11.5 Å². The predicted octanol–water partition coefficient (Wildman–Crippen LogP) is -0.0710. The number of hydrogen-bond acceptors (Lipinski definition) is 4. The Labute approximate surface area is 157 Å². The molecule has 2 aromatic rings. The minimum Gasteiger partial charge on any atom is -1.00 e. The zero-order valence-electron chi connectivity index (χ0n) is 13.7. The molecule has 0 saturated carbocycles. The van der Waals surface area contributed by atoms with Crippen LogP contribution in [0.5, 0.6) is 11.5 Å². The van der Waals surface area contributed by atoms with E-state index in [4.69, 9.17) is 32.5 Å². The maximum absolute atomic E-state index is 6.14. The fraction of sp³-hybridized carbons (Fsp3) is 0.176. The van der Waals surface area contributed by atoms with E-state index in [2.05, 4.69) is 10.2 Å². The Hall–Kier alpha value is -2.44. The molecule has 134 valence electrons. The Morgan fingerprint density at radius 1 is 1.12 bits per heavy atom. The van der Waals surface area contributed by atoms with Gasteiger partial charge >= 0.3 is 0 Å². The van der Waals surface area contributed by atoms with E-state index in [0.29, 0.717) is 29.7 Å². The van der Waals surface area contributed by atoms with Crippen molar-refractivity contribution in [3.05, 3.63) is 58.6 Å². The van der Waals surface area contributed by atoms with Crippen molar-refractivity contribution in [1.29, 1.82) is 0 Å². The molecule has 2 rings (SSSR count). The third-order valence-corrected chi connectivity index (χ3v) is 3.36. The lowest BCUT2D eigenvalue weighted by Gasteiger charge is -2.13. The summed E-state index contributed by atoms with van der Waals surface area (Å²) in [6, 6.07) is 13.0. The zero-order valence-corrected chi connectivity index (χ0v) is 15.2. The van der Waals surface area contributed by atoms with E-state index < -0.39 is 0 Å². The highest BCUT2D eigenvalue weighted by Gasteiger charge is 2.07. The quantitative estimate of drug-likeness (QED) is 0.398. The van der Waals surface area contributed by atoms with E-state index in [1.807, 2.05) is 37.3 Å². The van der Waals surface area contributed by atoms with Crippen LogP contribution in [0.25, 0.3) is 0 Å². The average Bonchev–Trinajstić information content (AvgIpc) is 2.55. The van der Waals surface area contributed by atoms with Gasteiger partial charge in [-0.2, -0.15) is 5.10 Å². The lowest BCUT2D eigenvalue weighted by Crippen LogP contribution is -3.00. The molecular weight excluding hydrogens is 363 g/mol. The Morgan fingerprint density at radius 3 is 2.56 bits per heavy atom. The maximum atomic E-state index is 6.14. The van der Waals surface area contributed by atoms with Crippen LogP contribution in [-0.2, 0) is 6.61 Å². The van der Waals surface area contributed by atoms with Gasteiger partial charge in [0.25, 0.3) is 0 Å². The smallest absolute Gasteiger partial charge is 0.211 e. The van der Waals surface area contributed by atoms with Crippen molar-refractivity contribution in [2.75, 3.05) is 6.61 Å². The SMILES string of the molecule is CCOc1cc(/C=N/N=C(N)N)ccc1OCc1ccccc1Cl.[Cl-]. The Kier molecular flexibility index (Phi) is 8.60. The molecule has 8 heteroatoms. The standard InChI is InChI=1S/C17H19ClN4O2.ClH/c1-2-23-16-9-12(10-21-22-17(19)20)7-8-15(16)24-11-13-5-3-4-6-14(13)18;/h3-10H,2,11H2,1H3,(H4,19,20,22);1H/p-1/b21-10+;. The highest BCUT2D eigenvalue weighted by atomic mass is 35.5. The van der Waals surface area contributed by atoms with Crippen LogP contribution in [0.3, 0.4) is 0 Å². The molecule has 25 heavy (non-hydrogen) atoms. The second kappa shape index (κ2) is 10.4. The van der Waals surface area contributed by atoms with Crippen molar-refractivity contribution >= 4 is 23.8 Å². The molecule has 4 N–H and O–H groups in total. The lowest BCUT2D eigenvalue weighted by atomic mass is 10.2. The molecule has 0 unspecified atom stereocenters. The van der Waals surface area contributed by atoms with E-state index in [1.165, 1.54) is 6.21 Å². The van der Waals surface area contributed by atoms with Gasteiger partial charge in [-0.15, -0.1) is 5.10 Å². The van der Waals surface area contributed by atoms with Gasteiger partial charge in [-0.1, -0.05) is 29.8 Å². The zero-order chi connectivity index (χ0) is 17.4. The topological polar surface area (TPSA) is 95.2 Å². The molecule has 0 atom stereocenters.